The fraction of sp³-hybridized carbons (Fsp3) is 0.417. The van der Waals surface area contributed by atoms with E-state index in [1.165, 1.54) is 19.0 Å². The summed E-state index contributed by atoms with van der Waals surface area (Å²) < 4.78 is 29.2. The van der Waals surface area contributed by atoms with Gasteiger partial charge in [0.2, 0.25) is 11.8 Å². The number of anilines is 1. The minimum Gasteiger partial charge on any atom is -0.352 e. The maximum Gasteiger partial charge on any atom is 0.304 e. The Morgan fingerprint density at radius 1 is 1.00 bits per heavy atom. The molecule has 0 radical (unpaired) electrons. The zero-order chi connectivity index (χ0) is 25.5. The van der Waals surface area contributed by atoms with Crippen LogP contribution in [0, 0.1) is 0 Å². The van der Waals surface area contributed by atoms with E-state index in [1.54, 1.807) is 37.3 Å². The first-order valence-electron chi connectivity index (χ1n) is 11.1. The minimum absolute atomic E-state index is 0.0467. The molecule has 2 amide bonds. The van der Waals surface area contributed by atoms with Crippen LogP contribution >= 0.6 is 15.9 Å². The molecule has 0 spiro atoms. The van der Waals surface area contributed by atoms with Gasteiger partial charge in [-0.15, -0.1) is 0 Å². The van der Waals surface area contributed by atoms with Crippen LogP contribution in [0.4, 0.5) is 5.69 Å². The Morgan fingerprint density at radius 2 is 1.59 bits per heavy atom. The zero-order valence-corrected chi connectivity index (χ0v) is 22.6. The van der Waals surface area contributed by atoms with Gasteiger partial charge in [-0.1, -0.05) is 53.2 Å². The number of halogens is 1. The van der Waals surface area contributed by atoms with Gasteiger partial charge in [-0.05, 0) is 50.1 Å². The molecule has 1 N–H and O–H groups in total. The van der Waals surface area contributed by atoms with Crippen LogP contribution in [0.2, 0.25) is 0 Å². The number of carbonyl (C=O) groups is 2. The fourth-order valence-electron chi connectivity index (χ4n) is 3.15. The highest BCUT2D eigenvalue weighted by molar-refractivity contribution is 9.10. The van der Waals surface area contributed by atoms with Crippen molar-refractivity contribution in [2.75, 3.05) is 24.9 Å². The lowest BCUT2D eigenvalue weighted by Gasteiger charge is -2.33. The molecule has 8 nitrogen and oxygen atoms in total. The number of rotatable bonds is 11. The van der Waals surface area contributed by atoms with Gasteiger partial charge in [-0.25, -0.2) is 4.31 Å². The molecule has 0 saturated heterocycles. The Hall–Kier alpha value is -2.43. The van der Waals surface area contributed by atoms with Crippen LogP contribution in [-0.4, -0.2) is 62.2 Å². The highest BCUT2D eigenvalue weighted by Crippen LogP contribution is 2.21. The van der Waals surface area contributed by atoms with Crippen molar-refractivity contribution in [2.24, 2.45) is 0 Å². The topological polar surface area (TPSA) is 90.0 Å². The van der Waals surface area contributed by atoms with E-state index in [9.17, 15) is 18.0 Å². The van der Waals surface area contributed by atoms with Crippen LogP contribution in [0.15, 0.2) is 59.1 Å². The summed E-state index contributed by atoms with van der Waals surface area (Å²) in [4.78, 5) is 27.9. The third-order valence-electron chi connectivity index (χ3n) is 5.50. The molecule has 10 heteroatoms. The average Bonchev–Trinajstić information content (AvgIpc) is 2.81. The SMILES string of the molecule is CCC(C)NC(=O)C(C)N(Cc1ccc(Br)cc1)C(=O)CN(c1ccccc1)S(=O)(=O)N(C)C. The Balaban J connectivity index is 2.41. The number of hydrogen-bond acceptors (Lipinski definition) is 4. The van der Waals surface area contributed by atoms with Crippen molar-refractivity contribution in [2.45, 2.75) is 45.8 Å². The molecule has 2 atom stereocenters. The van der Waals surface area contributed by atoms with Gasteiger partial charge in [0.1, 0.15) is 12.6 Å². The standard InChI is InChI=1S/C24H33BrN4O4S/c1-6-18(2)26-24(31)19(3)28(16-20-12-14-21(25)15-13-20)23(30)17-29(34(32,33)27(4)5)22-10-8-7-9-11-22/h7-15,18-19H,6,16-17H2,1-5H3,(H,26,31). The van der Waals surface area contributed by atoms with E-state index in [-0.39, 0.29) is 18.5 Å². The summed E-state index contributed by atoms with van der Waals surface area (Å²) in [5.41, 5.74) is 1.19. The van der Waals surface area contributed by atoms with Gasteiger partial charge in [-0.3, -0.25) is 9.59 Å². The van der Waals surface area contributed by atoms with Crippen molar-refractivity contribution in [1.82, 2.24) is 14.5 Å². The van der Waals surface area contributed by atoms with Crippen LogP contribution in [0.25, 0.3) is 0 Å². The van der Waals surface area contributed by atoms with Crippen molar-refractivity contribution in [3.8, 4) is 0 Å². The maximum atomic E-state index is 13.6. The maximum absolute atomic E-state index is 13.6. The predicted octanol–water partition coefficient (Wildman–Crippen LogP) is 3.39. The molecule has 2 aromatic carbocycles. The molecule has 0 aliphatic rings. The van der Waals surface area contributed by atoms with Crippen molar-refractivity contribution in [1.29, 1.82) is 0 Å². The first kappa shape index (κ1) is 27.8. The molecule has 0 aliphatic carbocycles. The summed E-state index contributed by atoms with van der Waals surface area (Å²) in [6, 6.07) is 15.0. The molecule has 2 unspecified atom stereocenters. The van der Waals surface area contributed by atoms with Crippen LogP contribution in [0.3, 0.4) is 0 Å². The third kappa shape index (κ3) is 7.28. The molecule has 0 bridgehead atoms. The average molecular weight is 554 g/mol. The van der Waals surface area contributed by atoms with Gasteiger partial charge < -0.3 is 10.2 Å². The minimum atomic E-state index is -3.96. The van der Waals surface area contributed by atoms with Gasteiger partial charge in [0.05, 0.1) is 5.69 Å². The first-order valence-corrected chi connectivity index (χ1v) is 13.3. The van der Waals surface area contributed by atoms with Gasteiger partial charge >= 0.3 is 10.2 Å². The van der Waals surface area contributed by atoms with E-state index in [4.69, 9.17) is 0 Å². The molecule has 34 heavy (non-hydrogen) atoms. The molecule has 2 aromatic rings. The number of hydrogen-bond donors (Lipinski definition) is 1. The van der Waals surface area contributed by atoms with Crippen molar-refractivity contribution >= 4 is 43.6 Å². The van der Waals surface area contributed by atoms with Crippen LogP contribution in [-0.2, 0) is 26.3 Å². The Bertz CT molecular complexity index is 1060. The number of benzene rings is 2. The summed E-state index contributed by atoms with van der Waals surface area (Å²) in [6.45, 7) is 5.23. The zero-order valence-electron chi connectivity index (χ0n) is 20.2. The highest BCUT2D eigenvalue weighted by atomic mass is 79.9. The smallest absolute Gasteiger partial charge is 0.304 e. The molecular formula is C24H33BrN4O4S. The van der Waals surface area contributed by atoms with E-state index >= 15 is 0 Å². The Kier molecular flexibility index (Phi) is 10.1. The van der Waals surface area contributed by atoms with E-state index in [1.807, 2.05) is 38.1 Å². The van der Waals surface area contributed by atoms with E-state index in [0.29, 0.717) is 5.69 Å². The number of para-hydroxylation sites is 1. The van der Waals surface area contributed by atoms with Gasteiger partial charge in [-0.2, -0.15) is 12.7 Å². The summed E-state index contributed by atoms with van der Waals surface area (Å²) in [5.74, 6) is -0.773. The second kappa shape index (κ2) is 12.3. The molecular weight excluding hydrogens is 520 g/mol. The predicted molar refractivity (Wildman–Crippen MR) is 138 cm³/mol. The summed E-state index contributed by atoms with van der Waals surface area (Å²) in [5, 5.41) is 2.91. The lowest BCUT2D eigenvalue weighted by atomic mass is 10.1. The van der Waals surface area contributed by atoms with Crippen molar-refractivity contribution in [3.05, 3.63) is 64.6 Å². The van der Waals surface area contributed by atoms with E-state index in [0.717, 1.165) is 25.1 Å². The fourth-order valence-corrected chi connectivity index (χ4v) is 4.47. The number of carbonyl (C=O) groups excluding carboxylic acids is 2. The number of nitrogens with zero attached hydrogens (tertiary/aromatic N) is 3. The highest BCUT2D eigenvalue weighted by Gasteiger charge is 2.32. The molecule has 0 saturated carbocycles. The molecule has 0 aliphatic heterocycles. The number of nitrogens with one attached hydrogen (secondary N) is 1. The molecule has 0 aromatic heterocycles. The summed E-state index contributed by atoms with van der Waals surface area (Å²) >= 11 is 3.40. The lowest BCUT2D eigenvalue weighted by molar-refractivity contribution is -0.139. The summed E-state index contributed by atoms with van der Waals surface area (Å²) in [7, 11) is -1.13. The van der Waals surface area contributed by atoms with Crippen molar-refractivity contribution < 1.29 is 18.0 Å². The van der Waals surface area contributed by atoms with Gasteiger partial charge in [0, 0.05) is 31.2 Å². The van der Waals surface area contributed by atoms with E-state index < -0.39 is 28.7 Å². The summed E-state index contributed by atoms with van der Waals surface area (Å²) in [6.07, 6.45) is 0.752. The van der Waals surface area contributed by atoms with Crippen LogP contribution < -0.4 is 9.62 Å². The molecule has 186 valence electrons. The largest absolute Gasteiger partial charge is 0.352 e. The van der Waals surface area contributed by atoms with E-state index in [2.05, 4.69) is 21.2 Å². The molecule has 0 heterocycles. The molecule has 2 rings (SSSR count). The van der Waals surface area contributed by atoms with Gasteiger partial charge in [0.15, 0.2) is 0 Å². The quantitative estimate of drug-likeness (QED) is 0.462. The monoisotopic (exact) mass is 552 g/mol. The molecule has 0 fully saturated rings. The number of amides is 2. The van der Waals surface area contributed by atoms with Crippen LogP contribution in [0.5, 0.6) is 0 Å². The lowest BCUT2D eigenvalue weighted by Crippen LogP contribution is -2.53. The normalized spacial score (nSPS) is 13.3. The second-order valence-electron chi connectivity index (χ2n) is 8.27. The van der Waals surface area contributed by atoms with Crippen LogP contribution in [0.1, 0.15) is 32.8 Å². The Labute approximate surface area is 211 Å². The second-order valence-corrected chi connectivity index (χ2v) is 11.3. The van der Waals surface area contributed by atoms with Crippen molar-refractivity contribution in [3.63, 3.8) is 0 Å². The first-order chi connectivity index (χ1) is 16.0. The van der Waals surface area contributed by atoms with Gasteiger partial charge in [0.25, 0.3) is 0 Å². The third-order valence-corrected chi connectivity index (χ3v) is 7.85. The Morgan fingerprint density at radius 3 is 2.12 bits per heavy atom.